The van der Waals surface area contributed by atoms with Crippen LogP contribution in [0.15, 0.2) is 24.3 Å². The summed E-state index contributed by atoms with van der Waals surface area (Å²) in [6.45, 7) is 16.9. The van der Waals surface area contributed by atoms with Gasteiger partial charge < -0.3 is 34.1 Å². The number of ether oxygens (including phenoxy) is 4. The van der Waals surface area contributed by atoms with Gasteiger partial charge in [0, 0.05) is 49.3 Å². The highest BCUT2D eigenvalue weighted by atomic mass is 35.5. The molecule has 7 rings (SSSR count). The second kappa shape index (κ2) is 19.0. The number of anilines is 1. The van der Waals surface area contributed by atoms with Crippen LogP contribution >= 0.6 is 23.2 Å². The van der Waals surface area contributed by atoms with Crippen molar-refractivity contribution in [1.82, 2.24) is 10.2 Å². The number of alkyl carbamates (subject to hydrolysis) is 1. The molecular formula is C43H67Cl2N3O8. The third-order valence-electron chi connectivity index (χ3n) is 13.2. The summed E-state index contributed by atoms with van der Waals surface area (Å²) in [5.41, 5.74) is 0.698. The van der Waals surface area contributed by atoms with Crippen LogP contribution in [0.25, 0.3) is 0 Å². The van der Waals surface area contributed by atoms with E-state index in [4.69, 9.17) is 51.9 Å². The summed E-state index contributed by atoms with van der Waals surface area (Å²) in [5, 5.41) is 2.76. The summed E-state index contributed by atoms with van der Waals surface area (Å²) in [6.07, 6.45) is 8.65. The molecule has 5 heterocycles. The molecule has 2 bridgehead atoms. The summed E-state index contributed by atoms with van der Waals surface area (Å²) in [4.78, 5) is 43.2. The van der Waals surface area contributed by atoms with Crippen molar-refractivity contribution < 1.29 is 38.3 Å². The van der Waals surface area contributed by atoms with Gasteiger partial charge >= 0.3 is 12.1 Å². The third kappa shape index (κ3) is 10.5. The zero-order chi connectivity index (χ0) is 40.1. The number of likely N-dealkylation sites (tertiary alicyclic amines) is 1. The fourth-order valence-corrected chi connectivity index (χ4v) is 10.5. The minimum Gasteiger partial charge on any atom is -0.464 e. The van der Waals surface area contributed by atoms with Gasteiger partial charge in [-0.15, -0.1) is 23.2 Å². The molecule has 0 unspecified atom stereocenters. The highest BCUT2D eigenvalue weighted by Crippen LogP contribution is 2.60. The number of hydrogen-bond acceptors (Lipinski definition) is 10. The number of piperidine rings is 1. The molecular weight excluding hydrogens is 757 g/mol. The van der Waals surface area contributed by atoms with Gasteiger partial charge in [0.25, 0.3) is 0 Å². The summed E-state index contributed by atoms with van der Waals surface area (Å²) in [7, 11) is 0. The van der Waals surface area contributed by atoms with E-state index >= 15 is 0 Å². The molecule has 0 radical (unpaired) electrons. The standard InChI is InChI=1S/C43H67Cl2N3O8/c1-29-9-14-35-30(2)37(52-39-43(35)34(29)15-19-42(6,53-39)55-56-43)8-7-22-47-23-16-31(17-24-47)18-27-51-38(49)36(46-40(50)54-41(3,4)5)28-32-10-12-33(13-11-32)48(25-20-44)26-21-45/h10-13,29-31,34-37,39H,7-9,14-28H2,1-6H3,(H,46,50)/t29-,30-,34+,35+,36+,37-,39-,42-,43-/m1/s1. The first-order valence-corrected chi connectivity index (χ1v) is 22.3. The summed E-state index contributed by atoms with van der Waals surface area (Å²) < 4.78 is 24.7. The van der Waals surface area contributed by atoms with Crippen molar-refractivity contribution in [3.8, 4) is 0 Å². The number of amides is 1. The Labute approximate surface area is 345 Å². The van der Waals surface area contributed by atoms with Crippen LogP contribution in [-0.4, -0.2) is 103 Å². The topological polar surface area (TPSA) is 108 Å². The molecule has 1 aliphatic carbocycles. The molecule has 9 atom stereocenters. The zero-order valence-corrected chi connectivity index (χ0v) is 36.1. The van der Waals surface area contributed by atoms with Crippen molar-refractivity contribution in [1.29, 1.82) is 0 Å². The van der Waals surface area contributed by atoms with Crippen LogP contribution in [0.1, 0.15) is 105 Å². The maximum absolute atomic E-state index is 13.4. The zero-order valence-electron chi connectivity index (χ0n) is 34.6. The lowest BCUT2D eigenvalue weighted by Gasteiger charge is -2.60. The fraction of sp³-hybridized carbons (Fsp3) is 0.814. The highest BCUT2D eigenvalue weighted by molar-refractivity contribution is 6.18. The second-order valence-electron chi connectivity index (χ2n) is 18.3. The fourth-order valence-electron chi connectivity index (χ4n) is 10.0. The largest absolute Gasteiger partial charge is 0.464 e. The molecule has 6 fully saturated rings. The monoisotopic (exact) mass is 823 g/mol. The van der Waals surface area contributed by atoms with Crippen molar-refractivity contribution in [3.63, 3.8) is 0 Å². The molecule has 5 saturated heterocycles. The van der Waals surface area contributed by atoms with Crippen LogP contribution in [-0.2, 0) is 39.9 Å². The Kier molecular flexibility index (Phi) is 14.9. The van der Waals surface area contributed by atoms with Crippen LogP contribution in [0.4, 0.5) is 10.5 Å². The number of fused-ring (bicyclic) bond motifs is 2. The molecule has 1 saturated carbocycles. The second-order valence-corrected chi connectivity index (χ2v) is 19.0. The Balaban J connectivity index is 0.942. The highest BCUT2D eigenvalue weighted by Gasteiger charge is 2.69. The number of carbonyl (C=O) groups is 2. The summed E-state index contributed by atoms with van der Waals surface area (Å²) in [6, 6.07) is 7.01. The number of benzene rings is 1. The predicted molar refractivity (Wildman–Crippen MR) is 218 cm³/mol. The Hall–Kier alpha value is -1.86. The van der Waals surface area contributed by atoms with Crippen LogP contribution < -0.4 is 10.2 Å². The smallest absolute Gasteiger partial charge is 0.408 e. The number of nitrogens with zero attached hydrogens (tertiary/aromatic N) is 2. The lowest BCUT2D eigenvalue weighted by atomic mass is 9.57. The molecule has 1 aromatic carbocycles. The third-order valence-corrected chi connectivity index (χ3v) is 13.5. The molecule has 1 N–H and O–H groups in total. The van der Waals surface area contributed by atoms with Gasteiger partial charge in [-0.1, -0.05) is 26.0 Å². The molecule has 11 nitrogen and oxygen atoms in total. The number of hydrogen-bond donors (Lipinski definition) is 1. The predicted octanol–water partition coefficient (Wildman–Crippen LogP) is 8.08. The molecule has 1 aromatic rings. The first kappa shape index (κ1) is 43.7. The normalized spacial score (nSPS) is 32.6. The van der Waals surface area contributed by atoms with Gasteiger partial charge in [-0.05, 0) is 140 Å². The quantitative estimate of drug-likeness (QED) is 0.0999. The van der Waals surface area contributed by atoms with E-state index in [1.165, 1.54) is 6.42 Å². The van der Waals surface area contributed by atoms with Crippen molar-refractivity contribution in [2.24, 2.45) is 29.6 Å². The van der Waals surface area contributed by atoms with Crippen molar-refractivity contribution >= 4 is 41.0 Å². The lowest BCUT2D eigenvalue weighted by molar-refractivity contribution is -0.571. The van der Waals surface area contributed by atoms with E-state index in [-0.39, 0.29) is 18.8 Å². The number of halogens is 2. The first-order chi connectivity index (χ1) is 26.7. The number of esters is 1. The Bertz CT molecular complexity index is 1430. The lowest BCUT2D eigenvalue weighted by Crippen LogP contribution is -2.70. The first-order valence-electron chi connectivity index (χ1n) is 21.3. The van der Waals surface area contributed by atoms with Gasteiger partial charge in [-0.2, -0.15) is 0 Å². The molecule has 316 valence electrons. The van der Waals surface area contributed by atoms with Crippen LogP contribution in [0.2, 0.25) is 0 Å². The molecule has 1 spiro atoms. The number of rotatable bonds is 16. The molecule has 5 aliphatic heterocycles. The van der Waals surface area contributed by atoms with Crippen molar-refractivity contribution in [3.05, 3.63) is 29.8 Å². The van der Waals surface area contributed by atoms with Gasteiger partial charge in [0.1, 0.15) is 11.6 Å². The van der Waals surface area contributed by atoms with Gasteiger partial charge in [0.2, 0.25) is 5.79 Å². The number of carbonyl (C=O) groups excluding carboxylic acids is 2. The van der Waals surface area contributed by atoms with Gasteiger partial charge in [-0.3, -0.25) is 0 Å². The molecule has 1 amide bonds. The van der Waals surface area contributed by atoms with Crippen molar-refractivity contribution in [2.75, 3.05) is 56.0 Å². The average molecular weight is 825 g/mol. The van der Waals surface area contributed by atoms with E-state index in [1.54, 1.807) is 20.8 Å². The van der Waals surface area contributed by atoms with Gasteiger partial charge in [0.15, 0.2) is 11.9 Å². The average Bonchev–Trinajstić information content (AvgIpc) is 3.39. The molecule has 13 heteroatoms. The minimum absolute atomic E-state index is 0.143. The van der Waals surface area contributed by atoms with Crippen LogP contribution in [0.3, 0.4) is 0 Å². The minimum atomic E-state index is -0.878. The van der Waals surface area contributed by atoms with E-state index in [0.29, 0.717) is 61.0 Å². The van der Waals surface area contributed by atoms with Crippen molar-refractivity contribution in [2.45, 2.75) is 141 Å². The molecule has 6 aliphatic rings. The Morgan fingerprint density at radius 3 is 2.38 bits per heavy atom. The maximum Gasteiger partial charge on any atom is 0.408 e. The van der Waals surface area contributed by atoms with Crippen LogP contribution in [0, 0.1) is 29.6 Å². The molecule has 0 aromatic heterocycles. The number of alkyl halides is 2. The van der Waals surface area contributed by atoms with E-state index in [9.17, 15) is 9.59 Å². The van der Waals surface area contributed by atoms with Gasteiger partial charge in [-0.25, -0.2) is 19.4 Å². The summed E-state index contributed by atoms with van der Waals surface area (Å²) >= 11 is 12.0. The number of nitrogens with one attached hydrogen (secondary N) is 1. The van der Waals surface area contributed by atoms with E-state index < -0.39 is 35.1 Å². The molecule has 56 heavy (non-hydrogen) atoms. The maximum atomic E-state index is 13.4. The van der Waals surface area contributed by atoms with E-state index in [0.717, 1.165) is 82.3 Å². The Morgan fingerprint density at radius 1 is 0.982 bits per heavy atom. The van der Waals surface area contributed by atoms with Gasteiger partial charge in [0.05, 0.1) is 12.7 Å². The van der Waals surface area contributed by atoms with E-state index in [2.05, 4.69) is 29.0 Å². The summed E-state index contributed by atoms with van der Waals surface area (Å²) in [5.74, 6) is 1.98. The Morgan fingerprint density at radius 2 is 1.70 bits per heavy atom. The SMILES string of the molecule is C[C@H]1[C@@H](CCCN2CCC(CCOC(=O)[C@H](Cc3ccc(N(CCCl)CCCl)cc3)NC(=O)OC(C)(C)C)CC2)O[C@@H]2O[C@@]3(C)CC[C@H]4[C@H](C)CC[C@@H]1[C@@]24OO3. The van der Waals surface area contributed by atoms with Crippen LogP contribution in [0.5, 0.6) is 0 Å². The van der Waals surface area contributed by atoms with E-state index in [1.807, 2.05) is 31.2 Å².